The van der Waals surface area contributed by atoms with Gasteiger partial charge >= 0.3 is 0 Å². The molecule has 0 fully saturated rings. The van der Waals surface area contributed by atoms with E-state index in [9.17, 15) is 4.79 Å². The van der Waals surface area contributed by atoms with E-state index in [1.165, 1.54) is 6.33 Å². The first-order valence-electron chi connectivity index (χ1n) is 10.5. The topological polar surface area (TPSA) is 105 Å². The van der Waals surface area contributed by atoms with Crippen LogP contribution >= 0.6 is 0 Å². The minimum Gasteiger partial charge on any atom is -0.383 e. The highest BCUT2D eigenvalue weighted by Crippen LogP contribution is 2.25. The van der Waals surface area contributed by atoms with Crippen molar-refractivity contribution in [2.75, 3.05) is 5.73 Å². The summed E-state index contributed by atoms with van der Waals surface area (Å²) in [6.45, 7) is 6.30. The van der Waals surface area contributed by atoms with Crippen LogP contribution in [0.5, 0.6) is 0 Å². The van der Waals surface area contributed by atoms with Gasteiger partial charge in [0.25, 0.3) is 5.56 Å². The summed E-state index contributed by atoms with van der Waals surface area (Å²) in [5.41, 5.74) is 11.0. The average molecular weight is 425 g/mol. The van der Waals surface area contributed by atoms with Crippen LogP contribution in [0.1, 0.15) is 29.4 Å². The van der Waals surface area contributed by atoms with E-state index >= 15 is 0 Å². The Morgan fingerprint density at radius 1 is 1.06 bits per heavy atom. The molecule has 0 atom stereocenters. The molecule has 160 valence electrons. The van der Waals surface area contributed by atoms with Gasteiger partial charge in [-0.3, -0.25) is 14.3 Å². The molecule has 0 bridgehead atoms. The molecule has 0 saturated heterocycles. The van der Waals surface area contributed by atoms with E-state index in [0.29, 0.717) is 29.8 Å². The molecule has 8 heteroatoms. The van der Waals surface area contributed by atoms with Crippen molar-refractivity contribution in [2.45, 2.75) is 33.7 Å². The molecule has 32 heavy (non-hydrogen) atoms. The number of nitrogens with zero attached hydrogens (tertiary/aromatic N) is 6. The van der Waals surface area contributed by atoms with Crippen LogP contribution in [-0.2, 0) is 13.0 Å². The molecule has 1 aromatic carbocycles. The number of pyridine rings is 2. The summed E-state index contributed by atoms with van der Waals surface area (Å²) in [5.74, 6) is 0.410. The molecule has 8 nitrogen and oxygen atoms in total. The van der Waals surface area contributed by atoms with Crippen molar-refractivity contribution in [2.24, 2.45) is 0 Å². The zero-order valence-corrected chi connectivity index (χ0v) is 18.2. The summed E-state index contributed by atoms with van der Waals surface area (Å²) >= 11 is 0. The summed E-state index contributed by atoms with van der Waals surface area (Å²) in [6, 6.07) is 9.83. The normalized spacial score (nSPS) is 11.5. The molecular formula is C24H23N7O. The molecule has 5 aromatic rings. The first kappa shape index (κ1) is 19.9. The number of aromatic nitrogens is 6. The van der Waals surface area contributed by atoms with E-state index in [2.05, 4.69) is 15.0 Å². The highest BCUT2D eigenvalue weighted by atomic mass is 16.1. The molecule has 4 heterocycles. The zero-order valence-electron chi connectivity index (χ0n) is 18.2. The lowest BCUT2D eigenvalue weighted by atomic mass is 10.1. The third-order valence-electron chi connectivity index (χ3n) is 5.86. The molecule has 0 spiro atoms. The van der Waals surface area contributed by atoms with Crippen molar-refractivity contribution in [1.82, 2.24) is 29.3 Å². The number of hydrogen-bond donors (Lipinski definition) is 1. The molecule has 2 N–H and O–H groups in total. The van der Waals surface area contributed by atoms with Gasteiger partial charge in [0.15, 0.2) is 5.65 Å². The van der Waals surface area contributed by atoms with Crippen molar-refractivity contribution in [3.05, 3.63) is 81.9 Å². The number of rotatable bonds is 4. The van der Waals surface area contributed by atoms with Crippen molar-refractivity contribution in [3.8, 4) is 5.69 Å². The van der Waals surface area contributed by atoms with Crippen molar-refractivity contribution in [1.29, 1.82) is 0 Å². The van der Waals surface area contributed by atoms with Crippen LogP contribution in [0, 0.1) is 13.8 Å². The lowest BCUT2D eigenvalue weighted by molar-refractivity contribution is 0.658. The number of aryl methyl sites for hydroxylation is 3. The molecule has 0 aliphatic carbocycles. The van der Waals surface area contributed by atoms with Gasteiger partial charge in [0.05, 0.1) is 34.9 Å². The fraction of sp³-hybridized carbons (Fsp3) is 0.208. The molecule has 0 unspecified atom stereocenters. The standard InChI is InChI=1S/C24H23N7O/c1-4-18-21-22(25)27-13-28-23(21)30(29-18)12-17-10-16-7-5-6-15(3)20(16)24(32)31(17)19-11-26-9-8-14(19)2/h5-11,13H,4,12H2,1-3H3,(H2,25,27,28). The summed E-state index contributed by atoms with van der Waals surface area (Å²) in [6.07, 6.45) is 5.59. The summed E-state index contributed by atoms with van der Waals surface area (Å²) in [4.78, 5) is 26.6. The molecule has 4 aromatic heterocycles. The Balaban J connectivity index is 1.81. The first-order chi connectivity index (χ1) is 15.5. The van der Waals surface area contributed by atoms with Crippen LogP contribution in [0.4, 0.5) is 5.82 Å². The Morgan fingerprint density at radius 2 is 1.91 bits per heavy atom. The fourth-order valence-corrected chi connectivity index (χ4v) is 4.28. The van der Waals surface area contributed by atoms with Gasteiger partial charge in [0.1, 0.15) is 12.1 Å². The van der Waals surface area contributed by atoms with E-state index in [4.69, 9.17) is 10.8 Å². The molecule has 0 radical (unpaired) electrons. The lowest BCUT2D eigenvalue weighted by Crippen LogP contribution is -2.25. The Kier molecular flexibility index (Phi) is 4.70. The summed E-state index contributed by atoms with van der Waals surface area (Å²) < 4.78 is 3.53. The molecule has 0 aliphatic heterocycles. The number of benzene rings is 1. The fourth-order valence-electron chi connectivity index (χ4n) is 4.28. The van der Waals surface area contributed by atoms with Gasteiger partial charge < -0.3 is 5.73 Å². The predicted molar refractivity (Wildman–Crippen MR) is 125 cm³/mol. The zero-order chi connectivity index (χ0) is 22.4. The van der Waals surface area contributed by atoms with Crippen molar-refractivity contribution in [3.63, 3.8) is 0 Å². The minimum absolute atomic E-state index is 0.0759. The van der Waals surface area contributed by atoms with Crippen LogP contribution in [0.2, 0.25) is 0 Å². The SMILES string of the molecule is CCc1nn(Cc2cc3cccc(C)c3c(=O)n2-c2cnccc2C)c2ncnc(N)c12. The number of anilines is 1. The summed E-state index contributed by atoms with van der Waals surface area (Å²) in [5, 5.41) is 7.11. The van der Waals surface area contributed by atoms with Gasteiger partial charge in [-0.25, -0.2) is 14.6 Å². The quantitative estimate of drug-likeness (QED) is 0.474. The highest BCUT2D eigenvalue weighted by molar-refractivity contribution is 5.88. The Hall–Kier alpha value is -4.07. The van der Waals surface area contributed by atoms with Crippen LogP contribution in [0.25, 0.3) is 27.5 Å². The van der Waals surface area contributed by atoms with Gasteiger partial charge in [-0.1, -0.05) is 25.1 Å². The Morgan fingerprint density at radius 3 is 2.69 bits per heavy atom. The Labute approximate surface area is 184 Å². The number of fused-ring (bicyclic) bond motifs is 2. The molecular weight excluding hydrogens is 402 g/mol. The number of nitrogen functional groups attached to an aromatic ring is 1. The maximum absolute atomic E-state index is 13.8. The second-order valence-electron chi connectivity index (χ2n) is 7.89. The maximum Gasteiger partial charge on any atom is 0.263 e. The maximum atomic E-state index is 13.8. The van der Waals surface area contributed by atoms with E-state index in [-0.39, 0.29) is 5.56 Å². The Bertz CT molecular complexity index is 1550. The molecule has 0 amide bonds. The van der Waals surface area contributed by atoms with Crippen LogP contribution in [0.15, 0.2) is 53.8 Å². The van der Waals surface area contributed by atoms with Gasteiger partial charge in [0.2, 0.25) is 0 Å². The van der Waals surface area contributed by atoms with Gasteiger partial charge in [-0.15, -0.1) is 0 Å². The molecule has 0 saturated carbocycles. The van der Waals surface area contributed by atoms with Crippen LogP contribution in [-0.4, -0.2) is 29.3 Å². The van der Waals surface area contributed by atoms with Gasteiger partial charge in [-0.2, -0.15) is 5.10 Å². The predicted octanol–water partition coefficient (Wildman–Crippen LogP) is 3.34. The van der Waals surface area contributed by atoms with Gasteiger partial charge in [0, 0.05) is 11.9 Å². The molecule has 5 rings (SSSR count). The van der Waals surface area contributed by atoms with Crippen LogP contribution in [0.3, 0.4) is 0 Å². The monoisotopic (exact) mass is 425 g/mol. The van der Waals surface area contributed by atoms with Crippen molar-refractivity contribution >= 4 is 27.6 Å². The summed E-state index contributed by atoms with van der Waals surface area (Å²) in [7, 11) is 0. The third kappa shape index (κ3) is 3.03. The second kappa shape index (κ2) is 7.56. The average Bonchev–Trinajstić information content (AvgIpc) is 3.14. The minimum atomic E-state index is -0.0759. The number of nitrogens with two attached hydrogens (primary N) is 1. The largest absolute Gasteiger partial charge is 0.383 e. The van der Waals surface area contributed by atoms with E-state index in [1.54, 1.807) is 21.6 Å². The van der Waals surface area contributed by atoms with E-state index < -0.39 is 0 Å². The van der Waals surface area contributed by atoms with E-state index in [0.717, 1.165) is 39.0 Å². The van der Waals surface area contributed by atoms with Crippen LogP contribution < -0.4 is 11.3 Å². The molecule has 0 aliphatic rings. The number of hydrogen-bond acceptors (Lipinski definition) is 6. The third-order valence-corrected chi connectivity index (χ3v) is 5.86. The second-order valence-corrected chi connectivity index (χ2v) is 7.89. The first-order valence-corrected chi connectivity index (χ1v) is 10.5. The lowest BCUT2D eigenvalue weighted by Gasteiger charge is -2.17. The van der Waals surface area contributed by atoms with E-state index in [1.807, 2.05) is 51.1 Å². The highest BCUT2D eigenvalue weighted by Gasteiger charge is 2.18. The van der Waals surface area contributed by atoms with Gasteiger partial charge in [-0.05, 0) is 48.9 Å². The van der Waals surface area contributed by atoms with Crippen molar-refractivity contribution < 1.29 is 0 Å². The smallest absolute Gasteiger partial charge is 0.263 e.